The summed E-state index contributed by atoms with van der Waals surface area (Å²) < 4.78 is 20.4. The number of likely N-dealkylation sites (tertiary alicyclic amines) is 1. The third kappa shape index (κ3) is 8.36. The number of thiazole rings is 1. The first-order valence-corrected chi connectivity index (χ1v) is 12.6. The predicted octanol–water partition coefficient (Wildman–Crippen LogP) is 0.766. The molecule has 3 heterocycles. The van der Waals surface area contributed by atoms with E-state index in [1.807, 2.05) is 0 Å². The molecule has 12 nitrogen and oxygen atoms in total. The van der Waals surface area contributed by atoms with Gasteiger partial charge >= 0.3 is 5.97 Å². The number of ether oxygens (including phenoxy) is 4. The lowest BCUT2D eigenvalue weighted by Crippen LogP contribution is -2.43. The number of methoxy groups -OCH3 is 2. The van der Waals surface area contributed by atoms with Crippen LogP contribution in [0.1, 0.15) is 39.9 Å². The van der Waals surface area contributed by atoms with Crippen molar-refractivity contribution in [1.82, 2.24) is 25.2 Å². The van der Waals surface area contributed by atoms with Crippen LogP contribution in [-0.4, -0.2) is 104 Å². The van der Waals surface area contributed by atoms with Crippen LogP contribution in [0.25, 0.3) is 0 Å². The van der Waals surface area contributed by atoms with Crippen LogP contribution >= 0.6 is 11.3 Å². The summed E-state index contributed by atoms with van der Waals surface area (Å²) in [5, 5.41) is 5.24. The van der Waals surface area contributed by atoms with E-state index in [0.717, 1.165) is 17.8 Å². The van der Waals surface area contributed by atoms with E-state index in [2.05, 4.69) is 20.3 Å². The van der Waals surface area contributed by atoms with Crippen molar-refractivity contribution in [2.24, 2.45) is 0 Å². The van der Waals surface area contributed by atoms with E-state index in [-0.39, 0.29) is 30.5 Å². The summed E-state index contributed by atoms with van der Waals surface area (Å²) in [7, 11) is 2.89. The molecule has 3 rings (SSSR count). The van der Waals surface area contributed by atoms with Gasteiger partial charge in [0.1, 0.15) is 18.3 Å². The lowest BCUT2D eigenvalue weighted by atomic mass is 9.97. The Labute approximate surface area is 213 Å². The Morgan fingerprint density at radius 2 is 1.92 bits per heavy atom. The largest absolute Gasteiger partial charge is 0.467 e. The number of esters is 1. The standard InChI is InChI=1S/C23H33N5O7S/c1-32-7-8-34-9-10-35-13-20(29)28-5-3-16(4-6-28)22-27-19(14-36-22)21(30)26-18(23(31)33-2)11-17-12-24-15-25-17/h12,14-16,18H,3-11,13H2,1-2H3,(H,24,25)(H,26,30). The van der Waals surface area contributed by atoms with Gasteiger partial charge in [0.2, 0.25) is 5.91 Å². The number of hydrogen-bond donors (Lipinski definition) is 2. The zero-order chi connectivity index (χ0) is 25.8. The minimum atomic E-state index is -0.860. The molecular formula is C23H33N5O7S. The van der Waals surface area contributed by atoms with Crippen molar-refractivity contribution in [2.45, 2.75) is 31.2 Å². The summed E-state index contributed by atoms with van der Waals surface area (Å²) >= 11 is 1.41. The van der Waals surface area contributed by atoms with Crippen LogP contribution in [0.4, 0.5) is 0 Å². The quantitative estimate of drug-likeness (QED) is 0.271. The first-order valence-electron chi connectivity index (χ1n) is 11.7. The minimum absolute atomic E-state index is 0.0276. The van der Waals surface area contributed by atoms with Gasteiger partial charge in [-0.1, -0.05) is 0 Å². The van der Waals surface area contributed by atoms with Gasteiger partial charge in [-0.15, -0.1) is 11.3 Å². The molecule has 0 saturated carbocycles. The molecule has 1 aliphatic heterocycles. The Kier molecular flexibility index (Phi) is 11.3. The second-order valence-corrected chi connectivity index (χ2v) is 9.10. The van der Waals surface area contributed by atoms with Gasteiger partial charge in [-0.25, -0.2) is 14.8 Å². The van der Waals surface area contributed by atoms with Crippen LogP contribution in [0.3, 0.4) is 0 Å². The van der Waals surface area contributed by atoms with Crippen molar-refractivity contribution in [3.8, 4) is 0 Å². The maximum atomic E-state index is 12.8. The molecule has 0 spiro atoms. The van der Waals surface area contributed by atoms with Crippen LogP contribution in [0, 0.1) is 0 Å². The molecule has 36 heavy (non-hydrogen) atoms. The number of imidazole rings is 1. The van der Waals surface area contributed by atoms with Crippen molar-refractivity contribution >= 4 is 29.1 Å². The highest BCUT2D eigenvalue weighted by molar-refractivity contribution is 7.09. The SMILES string of the molecule is COCCOCCOCC(=O)N1CCC(c2nc(C(=O)NC(Cc3cnc[nH]3)C(=O)OC)cs2)CC1. The molecule has 0 aromatic carbocycles. The number of carbonyl (C=O) groups excluding carboxylic acids is 3. The zero-order valence-electron chi connectivity index (χ0n) is 20.6. The van der Waals surface area contributed by atoms with Gasteiger partial charge in [0.25, 0.3) is 5.91 Å². The number of amides is 2. The van der Waals surface area contributed by atoms with E-state index in [9.17, 15) is 14.4 Å². The van der Waals surface area contributed by atoms with Crippen LogP contribution in [0.2, 0.25) is 0 Å². The number of rotatable bonds is 14. The molecule has 0 bridgehead atoms. The molecular weight excluding hydrogens is 490 g/mol. The molecule has 2 amide bonds. The Hall–Kier alpha value is -2.87. The molecule has 1 unspecified atom stereocenters. The van der Waals surface area contributed by atoms with Gasteiger partial charge in [0, 0.05) is 49.8 Å². The monoisotopic (exact) mass is 523 g/mol. The molecule has 1 fully saturated rings. The summed E-state index contributed by atoms with van der Waals surface area (Å²) in [5.41, 5.74) is 0.958. The number of nitrogens with zero attached hydrogens (tertiary/aromatic N) is 3. The van der Waals surface area contributed by atoms with E-state index in [0.29, 0.717) is 45.2 Å². The first-order chi connectivity index (χ1) is 17.5. The molecule has 13 heteroatoms. The second-order valence-electron chi connectivity index (χ2n) is 8.21. The maximum absolute atomic E-state index is 12.8. The van der Waals surface area contributed by atoms with E-state index in [1.54, 1.807) is 23.6 Å². The predicted molar refractivity (Wildman–Crippen MR) is 130 cm³/mol. The summed E-state index contributed by atoms with van der Waals surface area (Å²) in [5.74, 6) is -0.871. The Morgan fingerprint density at radius 3 is 2.61 bits per heavy atom. The highest BCUT2D eigenvalue weighted by atomic mass is 32.1. The number of piperidine rings is 1. The topological polar surface area (TPSA) is 145 Å². The van der Waals surface area contributed by atoms with Crippen LogP contribution < -0.4 is 5.32 Å². The van der Waals surface area contributed by atoms with Crippen LogP contribution in [0.15, 0.2) is 17.9 Å². The first kappa shape index (κ1) is 27.7. The molecule has 198 valence electrons. The summed E-state index contributed by atoms with van der Waals surface area (Å²) in [6.45, 7) is 3.04. The van der Waals surface area contributed by atoms with Gasteiger partial charge in [-0.3, -0.25) is 9.59 Å². The number of nitrogens with one attached hydrogen (secondary N) is 2. The lowest BCUT2D eigenvalue weighted by Gasteiger charge is -2.31. The fourth-order valence-corrected chi connectivity index (χ4v) is 4.72. The van der Waals surface area contributed by atoms with Crippen LogP contribution in [-0.2, 0) is 35.0 Å². The van der Waals surface area contributed by atoms with Crippen molar-refractivity contribution in [1.29, 1.82) is 0 Å². The normalized spacial score (nSPS) is 15.0. The number of H-pyrrole nitrogens is 1. The van der Waals surface area contributed by atoms with E-state index in [1.165, 1.54) is 24.8 Å². The smallest absolute Gasteiger partial charge is 0.328 e. The molecule has 0 radical (unpaired) electrons. The van der Waals surface area contributed by atoms with E-state index < -0.39 is 17.9 Å². The zero-order valence-corrected chi connectivity index (χ0v) is 21.4. The third-order valence-electron chi connectivity index (χ3n) is 5.75. The van der Waals surface area contributed by atoms with E-state index in [4.69, 9.17) is 18.9 Å². The van der Waals surface area contributed by atoms with Gasteiger partial charge in [0.05, 0.1) is 44.9 Å². The lowest BCUT2D eigenvalue weighted by molar-refractivity contribution is -0.143. The third-order valence-corrected chi connectivity index (χ3v) is 6.76. The summed E-state index contributed by atoms with van der Waals surface area (Å²) in [6.07, 6.45) is 4.83. The van der Waals surface area contributed by atoms with Crippen LogP contribution in [0.5, 0.6) is 0 Å². The average molecular weight is 524 g/mol. The van der Waals surface area contributed by atoms with E-state index >= 15 is 0 Å². The molecule has 2 aromatic heterocycles. The number of aromatic nitrogens is 3. The molecule has 2 aromatic rings. The molecule has 1 saturated heterocycles. The van der Waals surface area contributed by atoms with Gasteiger partial charge in [0.15, 0.2) is 0 Å². The number of carbonyl (C=O) groups is 3. The fraction of sp³-hybridized carbons (Fsp3) is 0.609. The summed E-state index contributed by atoms with van der Waals surface area (Å²) in [6, 6.07) is -0.860. The number of aromatic amines is 1. The molecule has 2 N–H and O–H groups in total. The maximum Gasteiger partial charge on any atom is 0.328 e. The van der Waals surface area contributed by atoms with Gasteiger partial charge < -0.3 is 34.1 Å². The Morgan fingerprint density at radius 1 is 1.17 bits per heavy atom. The molecule has 1 aliphatic rings. The van der Waals surface area contributed by atoms with Crippen molar-refractivity contribution in [3.63, 3.8) is 0 Å². The summed E-state index contributed by atoms with van der Waals surface area (Å²) in [4.78, 5) is 50.4. The highest BCUT2D eigenvalue weighted by Gasteiger charge is 2.28. The Bertz CT molecular complexity index is 960. The minimum Gasteiger partial charge on any atom is -0.467 e. The molecule has 1 atom stereocenters. The fourth-order valence-electron chi connectivity index (χ4n) is 3.75. The molecule has 0 aliphatic carbocycles. The average Bonchev–Trinajstić information content (AvgIpc) is 3.60. The van der Waals surface area contributed by atoms with Crippen molar-refractivity contribution in [2.75, 3.05) is 60.3 Å². The highest BCUT2D eigenvalue weighted by Crippen LogP contribution is 2.30. The second kappa shape index (κ2) is 14.6. The van der Waals surface area contributed by atoms with Crippen molar-refractivity contribution in [3.05, 3.63) is 34.3 Å². The number of hydrogen-bond acceptors (Lipinski definition) is 10. The Balaban J connectivity index is 1.43. The van der Waals surface area contributed by atoms with Gasteiger partial charge in [-0.05, 0) is 12.8 Å². The van der Waals surface area contributed by atoms with Gasteiger partial charge in [-0.2, -0.15) is 0 Å². The van der Waals surface area contributed by atoms with Crippen molar-refractivity contribution < 1.29 is 33.3 Å².